The number of rotatable bonds is 4. The van der Waals surface area contributed by atoms with Crippen molar-refractivity contribution in [2.24, 2.45) is 5.92 Å². The molecule has 1 fully saturated rings. The monoisotopic (exact) mass is 315 g/mol. The van der Waals surface area contributed by atoms with Gasteiger partial charge in [0.05, 0.1) is 18.1 Å². The molecular formula is C16H20F3NO2. The fourth-order valence-electron chi connectivity index (χ4n) is 2.76. The summed E-state index contributed by atoms with van der Waals surface area (Å²) in [5, 5.41) is 0. The minimum Gasteiger partial charge on any atom is -0.466 e. The van der Waals surface area contributed by atoms with E-state index in [9.17, 15) is 18.0 Å². The first-order chi connectivity index (χ1) is 10.4. The number of esters is 1. The number of piperidine rings is 1. The van der Waals surface area contributed by atoms with E-state index in [0.717, 1.165) is 25.5 Å². The molecule has 3 nitrogen and oxygen atoms in total. The second kappa shape index (κ2) is 7.13. The molecule has 22 heavy (non-hydrogen) atoms. The summed E-state index contributed by atoms with van der Waals surface area (Å²) in [6.07, 6.45) is -2.70. The number of carbonyl (C=O) groups is 1. The molecule has 0 amide bonds. The van der Waals surface area contributed by atoms with E-state index >= 15 is 0 Å². The molecule has 0 N–H and O–H groups in total. The van der Waals surface area contributed by atoms with Gasteiger partial charge in [-0.3, -0.25) is 9.69 Å². The highest BCUT2D eigenvalue weighted by molar-refractivity contribution is 5.72. The standard InChI is InChI=1S/C16H20F3NO2/c1-2-22-15(21)13-6-4-8-20(11-13)10-12-5-3-7-14(9-12)16(17,18)19/h3,5,7,9,13H,2,4,6,8,10-11H2,1H3. The molecule has 1 saturated heterocycles. The fraction of sp³-hybridized carbons (Fsp3) is 0.562. The van der Waals surface area contributed by atoms with Crippen LogP contribution in [0.15, 0.2) is 24.3 Å². The number of hydrogen-bond acceptors (Lipinski definition) is 3. The lowest BCUT2D eigenvalue weighted by Crippen LogP contribution is -2.38. The van der Waals surface area contributed by atoms with Crippen LogP contribution in [-0.2, 0) is 22.3 Å². The van der Waals surface area contributed by atoms with Crippen molar-refractivity contribution >= 4 is 5.97 Å². The Balaban J connectivity index is 2.00. The van der Waals surface area contributed by atoms with Gasteiger partial charge >= 0.3 is 12.1 Å². The van der Waals surface area contributed by atoms with Gasteiger partial charge in [-0.05, 0) is 37.9 Å². The van der Waals surface area contributed by atoms with E-state index in [2.05, 4.69) is 0 Å². The molecule has 1 atom stereocenters. The van der Waals surface area contributed by atoms with Crippen LogP contribution in [-0.4, -0.2) is 30.6 Å². The lowest BCUT2D eigenvalue weighted by atomic mass is 9.97. The maximum atomic E-state index is 12.7. The third-order valence-corrected chi connectivity index (χ3v) is 3.79. The van der Waals surface area contributed by atoms with Crippen molar-refractivity contribution in [2.45, 2.75) is 32.5 Å². The summed E-state index contributed by atoms with van der Waals surface area (Å²) in [6, 6.07) is 5.35. The van der Waals surface area contributed by atoms with E-state index in [0.29, 0.717) is 25.3 Å². The van der Waals surface area contributed by atoms with Crippen LogP contribution in [0.5, 0.6) is 0 Å². The molecule has 1 aliphatic heterocycles. The van der Waals surface area contributed by atoms with Crippen LogP contribution in [0.2, 0.25) is 0 Å². The van der Waals surface area contributed by atoms with Crippen molar-refractivity contribution in [1.29, 1.82) is 0 Å². The summed E-state index contributed by atoms with van der Waals surface area (Å²) in [4.78, 5) is 13.8. The highest BCUT2D eigenvalue weighted by Gasteiger charge is 2.31. The predicted octanol–water partition coefficient (Wildman–Crippen LogP) is 3.48. The van der Waals surface area contributed by atoms with Gasteiger partial charge in [-0.1, -0.05) is 18.2 Å². The van der Waals surface area contributed by atoms with E-state index in [1.165, 1.54) is 12.1 Å². The van der Waals surface area contributed by atoms with Gasteiger partial charge < -0.3 is 4.74 Å². The highest BCUT2D eigenvalue weighted by atomic mass is 19.4. The highest BCUT2D eigenvalue weighted by Crippen LogP contribution is 2.30. The molecule has 0 spiro atoms. The molecule has 0 radical (unpaired) electrons. The molecule has 0 aliphatic carbocycles. The van der Waals surface area contributed by atoms with Crippen LogP contribution in [0.25, 0.3) is 0 Å². The lowest BCUT2D eigenvalue weighted by Gasteiger charge is -2.31. The molecule has 0 bridgehead atoms. The molecule has 1 unspecified atom stereocenters. The van der Waals surface area contributed by atoms with Gasteiger partial charge in [0.15, 0.2) is 0 Å². The summed E-state index contributed by atoms with van der Waals surface area (Å²) in [5.74, 6) is -0.393. The average Bonchev–Trinajstić information content (AvgIpc) is 2.47. The molecule has 1 heterocycles. The minimum absolute atomic E-state index is 0.181. The van der Waals surface area contributed by atoms with Crippen molar-refractivity contribution in [3.05, 3.63) is 35.4 Å². The summed E-state index contributed by atoms with van der Waals surface area (Å²) in [6.45, 7) is 3.85. The maximum absolute atomic E-state index is 12.7. The first-order valence-corrected chi connectivity index (χ1v) is 7.45. The molecule has 6 heteroatoms. The Morgan fingerprint density at radius 1 is 1.41 bits per heavy atom. The maximum Gasteiger partial charge on any atom is 0.416 e. The first-order valence-electron chi connectivity index (χ1n) is 7.45. The largest absolute Gasteiger partial charge is 0.466 e. The number of nitrogens with zero attached hydrogens (tertiary/aromatic N) is 1. The van der Waals surface area contributed by atoms with Crippen molar-refractivity contribution in [2.75, 3.05) is 19.7 Å². The van der Waals surface area contributed by atoms with E-state index in [1.807, 2.05) is 4.90 Å². The van der Waals surface area contributed by atoms with Crippen LogP contribution in [0.4, 0.5) is 13.2 Å². The normalized spacial score (nSPS) is 19.9. The van der Waals surface area contributed by atoms with Crippen molar-refractivity contribution in [3.63, 3.8) is 0 Å². The van der Waals surface area contributed by atoms with E-state index in [1.54, 1.807) is 13.0 Å². The number of alkyl halides is 3. The molecule has 1 aromatic carbocycles. The van der Waals surface area contributed by atoms with Crippen molar-refractivity contribution in [3.8, 4) is 0 Å². The summed E-state index contributed by atoms with van der Waals surface area (Å²) < 4.78 is 43.2. The van der Waals surface area contributed by atoms with Gasteiger partial charge in [0, 0.05) is 13.1 Å². The van der Waals surface area contributed by atoms with E-state index < -0.39 is 11.7 Å². The van der Waals surface area contributed by atoms with E-state index in [-0.39, 0.29) is 11.9 Å². The van der Waals surface area contributed by atoms with Crippen LogP contribution < -0.4 is 0 Å². The van der Waals surface area contributed by atoms with E-state index in [4.69, 9.17) is 4.74 Å². The Hall–Kier alpha value is -1.56. The van der Waals surface area contributed by atoms with Gasteiger partial charge in [0.2, 0.25) is 0 Å². The Bertz CT molecular complexity index is 516. The van der Waals surface area contributed by atoms with Crippen molar-refractivity contribution < 1.29 is 22.7 Å². The summed E-state index contributed by atoms with van der Waals surface area (Å²) >= 11 is 0. The quantitative estimate of drug-likeness (QED) is 0.797. The van der Waals surface area contributed by atoms with Gasteiger partial charge in [0.1, 0.15) is 0 Å². The third-order valence-electron chi connectivity index (χ3n) is 3.79. The molecular weight excluding hydrogens is 295 g/mol. The Morgan fingerprint density at radius 3 is 2.86 bits per heavy atom. The molecule has 1 aliphatic rings. The van der Waals surface area contributed by atoms with Crippen LogP contribution in [0.3, 0.4) is 0 Å². The number of likely N-dealkylation sites (tertiary alicyclic amines) is 1. The minimum atomic E-state index is -4.33. The molecule has 2 rings (SSSR count). The topological polar surface area (TPSA) is 29.5 Å². The number of ether oxygens (including phenoxy) is 1. The van der Waals surface area contributed by atoms with Gasteiger partial charge in [-0.2, -0.15) is 13.2 Å². The molecule has 1 aromatic rings. The van der Waals surface area contributed by atoms with Gasteiger partial charge in [-0.25, -0.2) is 0 Å². The Morgan fingerprint density at radius 2 is 2.18 bits per heavy atom. The zero-order valence-corrected chi connectivity index (χ0v) is 12.5. The number of halogens is 3. The van der Waals surface area contributed by atoms with Gasteiger partial charge in [0.25, 0.3) is 0 Å². The second-order valence-electron chi connectivity index (χ2n) is 5.52. The fourth-order valence-corrected chi connectivity index (χ4v) is 2.76. The third kappa shape index (κ3) is 4.47. The number of benzene rings is 1. The lowest BCUT2D eigenvalue weighted by molar-refractivity contribution is -0.150. The SMILES string of the molecule is CCOC(=O)C1CCCN(Cc2cccc(C(F)(F)F)c2)C1. The summed E-state index contributed by atoms with van der Waals surface area (Å²) in [5.41, 5.74) is -0.0247. The molecule has 0 saturated carbocycles. The van der Waals surface area contributed by atoms with Crippen molar-refractivity contribution in [1.82, 2.24) is 4.90 Å². The number of carbonyl (C=O) groups excluding carboxylic acids is 1. The van der Waals surface area contributed by atoms with Crippen LogP contribution in [0, 0.1) is 5.92 Å². The Labute approximate surface area is 128 Å². The number of hydrogen-bond donors (Lipinski definition) is 0. The predicted molar refractivity (Wildman–Crippen MR) is 76.1 cm³/mol. The zero-order chi connectivity index (χ0) is 16.2. The first kappa shape index (κ1) is 16.8. The average molecular weight is 315 g/mol. The molecule has 122 valence electrons. The van der Waals surface area contributed by atoms with Crippen LogP contribution >= 0.6 is 0 Å². The second-order valence-corrected chi connectivity index (χ2v) is 5.52. The smallest absolute Gasteiger partial charge is 0.416 e. The van der Waals surface area contributed by atoms with Crippen LogP contribution in [0.1, 0.15) is 30.9 Å². The Kier molecular flexibility index (Phi) is 5.45. The zero-order valence-electron chi connectivity index (χ0n) is 12.5. The van der Waals surface area contributed by atoms with Gasteiger partial charge in [-0.15, -0.1) is 0 Å². The molecule has 0 aromatic heterocycles. The summed E-state index contributed by atoms with van der Waals surface area (Å²) in [7, 11) is 0.